The van der Waals surface area contributed by atoms with E-state index >= 15 is 0 Å². The molecule has 2 unspecified atom stereocenters. The van der Waals surface area contributed by atoms with Crippen molar-refractivity contribution in [2.45, 2.75) is 65.8 Å². The van der Waals surface area contributed by atoms with Crippen LogP contribution in [0.3, 0.4) is 0 Å². The van der Waals surface area contributed by atoms with E-state index in [-0.39, 0.29) is 0 Å². The Morgan fingerprint density at radius 3 is 2.33 bits per heavy atom. The number of hydrogen-bond donors (Lipinski definition) is 0. The molecule has 1 aliphatic rings. The molecule has 0 amide bonds. The summed E-state index contributed by atoms with van der Waals surface area (Å²) in [4.78, 5) is 2.70. The molecule has 1 heterocycles. The van der Waals surface area contributed by atoms with Crippen LogP contribution in [0.1, 0.15) is 60.3 Å². The van der Waals surface area contributed by atoms with Crippen LogP contribution >= 0.6 is 0 Å². The average Bonchev–Trinajstić information content (AvgIpc) is 2.28. The minimum absolute atomic E-state index is 0.352. The Morgan fingerprint density at radius 2 is 1.80 bits per heavy atom. The first-order valence-electron chi connectivity index (χ1n) is 6.68. The molecule has 0 aromatic rings. The largest absolute Gasteiger partial charge is 0.298 e. The van der Waals surface area contributed by atoms with Gasteiger partial charge in [0.1, 0.15) is 0 Å². The van der Waals surface area contributed by atoms with Gasteiger partial charge in [-0.1, -0.05) is 20.3 Å². The predicted molar refractivity (Wildman–Crippen MR) is 68.1 cm³/mol. The minimum atomic E-state index is 0.352. The molecule has 15 heavy (non-hydrogen) atoms. The average molecular weight is 211 g/mol. The second kappa shape index (κ2) is 5.34. The summed E-state index contributed by atoms with van der Waals surface area (Å²) in [5.41, 5.74) is 0.352. The van der Waals surface area contributed by atoms with Crippen molar-refractivity contribution in [2.75, 3.05) is 13.1 Å². The van der Waals surface area contributed by atoms with Gasteiger partial charge in [0.25, 0.3) is 0 Å². The summed E-state index contributed by atoms with van der Waals surface area (Å²) in [6.07, 6.45) is 5.63. The van der Waals surface area contributed by atoms with E-state index < -0.39 is 0 Å². The van der Waals surface area contributed by atoms with Crippen molar-refractivity contribution in [1.82, 2.24) is 4.90 Å². The minimum Gasteiger partial charge on any atom is -0.298 e. The topological polar surface area (TPSA) is 3.24 Å². The van der Waals surface area contributed by atoms with E-state index in [1.165, 1.54) is 38.8 Å². The fourth-order valence-corrected chi connectivity index (χ4v) is 2.66. The van der Waals surface area contributed by atoms with Crippen molar-refractivity contribution < 1.29 is 0 Å². The molecular weight excluding hydrogens is 182 g/mol. The van der Waals surface area contributed by atoms with E-state index in [1.54, 1.807) is 0 Å². The van der Waals surface area contributed by atoms with Gasteiger partial charge in [0.2, 0.25) is 0 Å². The summed E-state index contributed by atoms with van der Waals surface area (Å²) < 4.78 is 0. The zero-order valence-electron chi connectivity index (χ0n) is 11.3. The molecular formula is C14H29N. The van der Waals surface area contributed by atoms with Crippen LogP contribution in [0.2, 0.25) is 0 Å². The third kappa shape index (κ3) is 4.14. The molecule has 0 aliphatic carbocycles. The second-order valence-electron chi connectivity index (χ2n) is 6.41. The Labute approximate surface area is 96.2 Å². The molecule has 0 radical (unpaired) electrons. The highest BCUT2D eigenvalue weighted by Gasteiger charge is 2.28. The molecule has 0 aromatic carbocycles. The van der Waals surface area contributed by atoms with Crippen molar-refractivity contribution in [2.24, 2.45) is 11.8 Å². The maximum Gasteiger partial charge on any atom is 0.0125 e. The van der Waals surface area contributed by atoms with Gasteiger partial charge in [0.05, 0.1) is 0 Å². The van der Waals surface area contributed by atoms with Crippen molar-refractivity contribution >= 4 is 0 Å². The summed E-state index contributed by atoms with van der Waals surface area (Å²) in [6.45, 7) is 14.4. The molecule has 0 saturated carbocycles. The molecule has 0 bridgehead atoms. The van der Waals surface area contributed by atoms with Crippen LogP contribution in [0.25, 0.3) is 0 Å². The van der Waals surface area contributed by atoms with Crippen LogP contribution in [-0.4, -0.2) is 23.5 Å². The Morgan fingerprint density at radius 1 is 1.13 bits per heavy atom. The highest BCUT2D eigenvalue weighted by atomic mass is 15.2. The van der Waals surface area contributed by atoms with E-state index in [0.717, 1.165) is 11.8 Å². The highest BCUT2D eigenvalue weighted by Crippen LogP contribution is 2.28. The van der Waals surface area contributed by atoms with E-state index in [2.05, 4.69) is 39.5 Å². The van der Waals surface area contributed by atoms with E-state index in [9.17, 15) is 0 Å². The zero-order chi connectivity index (χ0) is 11.5. The molecule has 1 fully saturated rings. The van der Waals surface area contributed by atoms with E-state index in [1.807, 2.05) is 0 Å². The van der Waals surface area contributed by atoms with E-state index in [0.29, 0.717) is 5.54 Å². The van der Waals surface area contributed by atoms with Crippen LogP contribution in [0.4, 0.5) is 0 Å². The van der Waals surface area contributed by atoms with Crippen molar-refractivity contribution in [3.8, 4) is 0 Å². The van der Waals surface area contributed by atoms with Gasteiger partial charge in [-0.2, -0.15) is 0 Å². The van der Waals surface area contributed by atoms with Gasteiger partial charge in [-0.05, 0) is 51.9 Å². The lowest BCUT2D eigenvalue weighted by molar-refractivity contribution is 0.110. The van der Waals surface area contributed by atoms with Gasteiger partial charge in [-0.15, -0.1) is 0 Å². The standard InChI is InChI=1S/C14H29N/c1-6-7-13-9-8-12(2)10-15(11-13)14(3,4)5/h12-13H,6-11H2,1-5H3. The van der Waals surface area contributed by atoms with Gasteiger partial charge >= 0.3 is 0 Å². The lowest BCUT2D eigenvalue weighted by Crippen LogP contribution is -2.44. The maximum atomic E-state index is 2.70. The summed E-state index contributed by atoms with van der Waals surface area (Å²) in [7, 11) is 0. The monoisotopic (exact) mass is 211 g/mol. The molecule has 2 atom stereocenters. The number of likely N-dealkylation sites (tertiary alicyclic amines) is 1. The molecule has 0 N–H and O–H groups in total. The molecule has 0 aromatic heterocycles. The van der Waals surface area contributed by atoms with Crippen molar-refractivity contribution in [1.29, 1.82) is 0 Å². The fourth-order valence-electron chi connectivity index (χ4n) is 2.66. The highest BCUT2D eigenvalue weighted by molar-refractivity contribution is 4.83. The van der Waals surface area contributed by atoms with Gasteiger partial charge in [0, 0.05) is 18.6 Å². The molecule has 1 saturated heterocycles. The fraction of sp³-hybridized carbons (Fsp3) is 1.00. The van der Waals surface area contributed by atoms with Crippen LogP contribution in [-0.2, 0) is 0 Å². The summed E-state index contributed by atoms with van der Waals surface area (Å²) in [6, 6.07) is 0. The number of hydrogen-bond acceptors (Lipinski definition) is 1. The summed E-state index contributed by atoms with van der Waals surface area (Å²) in [5.74, 6) is 1.82. The molecule has 1 rings (SSSR count). The Kier molecular flexibility index (Phi) is 4.64. The lowest BCUT2D eigenvalue weighted by atomic mass is 9.95. The summed E-state index contributed by atoms with van der Waals surface area (Å²) >= 11 is 0. The van der Waals surface area contributed by atoms with Gasteiger partial charge < -0.3 is 0 Å². The smallest absolute Gasteiger partial charge is 0.0125 e. The SMILES string of the molecule is CCCC1CCC(C)CN(C(C)(C)C)C1. The van der Waals surface area contributed by atoms with Crippen molar-refractivity contribution in [3.05, 3.63) is 0 Å². The van der Waals surface area contributed by atoms with Gasteiger partial charge in [0.15, 0.2) is 0 Å². The Bertz CT molecular complexity index is 180. The third-order valence-electron chi connectivity index (χ3n) is 3.72. The van der Waals surface area contributed by atoms with E-state index in [4.69, 9.17) is 0 Å². The van der Waals surface area contributed by atoms with Crippen LogP contribution in [0.15, 0.2) is 0 Å². The van der Waals surface area contributed by atoms with Crippen LogP contribution < -0.4 is 0 Å². The normalized spacial score (nSPS) is 30.2. The molecule has 1 nitrogen and oxygen atoms in total. The predicted octanol–water partition coefficient (Wildman–Crippen LogP) is 3.93. The van der Waals surface area contributed by atoms with Crippen LogP contribution in [0.5, 0.6) is 0 Å². The number of nitrogens with zero attached hydrogens (tertiary/aromatic N) is 1. The molecule has 0 spiro atoms. The Hall–Kier alpha value is -0.0400. The first kappa shape index (κ1) is 13.0. The maximum absolute atomic E-state index is 2.70. The molecule has 1 aliphatic heterocycles. The quantitative estimate of drug-likeness (QED) is 0.669. The van der Waals surface area contributed by atoms with Gasteiger partial charge in [-0.25, -0.2) is 0 Å². The zero-order valence-corrected chi connectivity index (χ0v) is 11.3. The van der Waals surface area contributed by atoms with Gasteiger partial charge in [-0.3, -0.25) is 4.90 Å². The first-order valence-corrected chi connectivity index (χ1v) is 6.68. The second-order valence-corrected chi connectivity index (χ2v) is 6.41. The molecule has 1 heteroatoms. The first-order chi connectivity index (χ1) is 6.93. The van der Waals surface area contributed by atoms with Crippen LogP contribution in [0, 0.1) is 11.8 Å². The summed E-state index contributed by atoms with van der Waals surface area (Å²) in [5, 5.41) is 0. The Balaban J connectivity index is 2.61. The van der Waals surface area contributed by atoms with Crippen molar-refractivity contribution in [3.63, 3.8) is 0 Å². The molecule has 90 valence electrons. The lowest BCUT2D eigenvalue weighted by Gasteiger charge is -2.37. The third-order valence-corrected chi connectivity index (χ3v) is 3.72. The number of rotatable bonds is 2.